The third-order valence-corrected chi connectivity index (χ3v) is 5.48. The first kappa shape index (κ1) is 18.0. The zero-order valence-electron chi connectivity index (χ0n) is 15.5. The minimum atomic E-state index is -0.513. The largest absolute Gasteiger partial charge is 0.494 e. The van der Waals surface area contributed by atoms with Crippen molar-refractivity contribution in [1.82, 2.24) is 5.16 Å². The van der Waals surface area contributed by atoms with Crippen LogP contribution in [-0.4, -0.2) is 22.6 Å². The molecule has 3 rings (SSSR count). The first-order valence-corrected chi connectivity index (χ1v) is 9.04. The molecular formula is C20H27NO4. The van der Waals surface area contributed by atoms with Gasteiger partial charge in [0, 0.05) is 11.5 Å². The molecule has 1 atom stereocenters. The summed E-state index contributed by atoms with van der Waals surface area (Å²) >= 11 is 0. The summed E-state index contributed by atoms with van der Waals surface area (Å²) in [7, 11) is 0. The van der Waals surface area contributed by atoms with E-state index in [0.717, 1.165) is 59.6 Å². The second kappa shape index (κ2) is 7.18. The molecule has 1 aliphatic rings. The molecule has 0 radical (unpaired) electrons. The Morgan fingerprint density at radius 1 is 1.24 bits per heavy atom. The monoisotopic (exact) mass is 345 g/mol. The summed E-state index contributed by atoms with van der Waals surface area (Å²) in [5.74, 6) is 1.66. The molecule has 1 aliphatic carbocycles. The smallest absolute Gasteiger partial charge is 0.141 e. The van der Waals surface area contributed by atoms with E-state index in [4.69, 9.17) is 14.1 Å². The Morgan fingerprint density at radius 2 is 1.96 bits per heavy atom. The Morgan fingerprint density at radius 3 is 2.52 bits per heavy atom. The second-order valence-corrected chi connectivity index (χ2v) is 7.01. The van der Waals surface area contributed by atoms with Gasteiger partial charge in [0.25, 0.3) is 0 Å². The summed E-state index contributed by atoms with van der Waals surface area (Å²) in [6, 6.07) is 6.21. The first-order valence-electron chi connectivity index (χ1n) is 9.04. The Bertz CT molecular complexity index is 712. The van der Waals surface area contributed by atoms with Crippen molar-refractivity contribution in [3.8, 4) is 16.9 Å². The molecule has 2 aromatic rings. The van der Waals surface area contributed by atoms with Crippen molar-refractivity contribution in [1.29, 1.82) is 0 Å². The molecule has 5 nitrogen and oxygen atoms in total. The lowest BCUT2D eigenvalue weighted by Gasteiger charge is -2.32. The highest BCUT2D eigenvalue weighted by molar-refractivity contribution is 5.70. The van der Waals surface area contributed by atoms with Crippen LogP contribution < -0.4 is 4.74 Å². The van der Waals surface area contributed by atoms with Gasteiger partial charge in [-0.05, 0) is 56.9 Å². The van der Waals surface area contributed by atoms with E-state index in [1.165, 1.54) is 0 Å². The van der Waals surface area contributed by atoms with Gasteiger partial charge in [-0.3, -0.25) is 5.26 Å². The van der Waals surface area contributed by atoms with Crippen molar-refractivity contribution in [3.05, 3.63) is 35.2 Å². The summed E-state index contributed by atoms with van der Waals surface area (Å²) in [6.07, 6.45) is 3.88. The lowest BCUT2D eigenvalue weighted by molar-refractivity contribution is -0.327. The van der Waals surface area contributed by atoms with Gasteiger partial charge >= 0.3 is 0 Å². The van der Waals surface area contributed by atoms with Crippen LogP contribution in [-0.2, 0) is 4.89 Å². The fraction of sp³-hybridized carbons (Fsp3) is 0.550. The number of benzene rings is 1. The SMILES string of the molecule is CCOc1cc(-c2c(C)noc2C)cc(C(C)C2(OO)CCCC2)c1. The fourth-order valence-electron chi connectivity index (χ4n) is 4.04. The van der Waals surface area contributed by atoms with E-state index in [9.17, 15) is 5.26 Å². The zero-order valence-corrected chi connectivity index (χ0v) is 15.5. The van der Waals surface area contributed by atoms with Crippen LogP contribution >= 0.6 is 0 Å². The van der Waals surface area contributed by atoms with Gasteiger partial charge < -0.3 is 9.26 Å². The second-order valence-electron chi connectivity index (χ2n) is 7.01. The van der Waals surface area contributed by atoms with Crippen LogP contribution in [0.1, 0.15) is 62.5 Å². The average molecular weight is 345 g/mol. The summed E-state index contributed by atoms with van der Waals surface area (Å²) in [6.45, 7) is 8.55. The maximum atomic E-state index is 9.61. The molecule has 0 aliphatic heterocycles. The van der Waals surface area contributed by atoms with Gasteiger partial charge in [0.15, 0.2) is 0 Å². The number of hydrogen-bond acceptors (Lipinski definition) is 5. The summed E-state index contributed by atoms with van der Waals surface area (Å²) < 4.78 is 11.1. The molecule has 1 N–H and O–H groups in total. The van der Waals surface area contributed by atoms with E-state index in [-0.39, 0.29) is 5.92 Å². The van der Waals surface area contributed by atoms with E-state index in [1.807, 2.05) is 26.8 Å². The average Bonchev–Trinajstić information content (AvgIpc) is 3.22. The molecule has 0 saturated heterocycles. The van der Waals surface area contributed by atoms with Crippen LogP contribution in [0.5, 0.6) is 5.75 Å². The molecular weight excluding hydrogens is 318 g/mol. The topological polar surface area (TPSA) is 64.7 Å². The molecule has 1 aromatic heterocycles. The van der Waals surface area contributed by atoms with Crippen LogP contribution in [0.25, 0.3) is 11.1 Å². The third-order valence-electron chi connectivity index (χ3n) is 5.48. The van der Waals surface area contributed by atoms with Crippen molar-refractivity contribution >= 4 is 0 Å². The van der Waals surface area contributed by atoms with Gasteiger partial charge in [-0.25, -0.2) is 4.89 Å². The van der Waals surface area contributed by atoms with E-state index >= 15 is 0 Å². The summed E-state index contributed by atoms with van der Waals surface area (Å²) in [4.78, 5) is 5.02. The fourth-order valence-corrected chi connectivity index (χ4v) is 4.04. The number of nitrogens with zero attached hydrogens (tertiary/aromatic N) is 1. The minimum absolute atomic E-state index is 0.0552. The molecule has 1 fully saturated rings. The predicted octanol–water partition coefficient (Wildman–Crippen LogP) is 5.26. The number of aryl methyl sites for hydroxylation is 2. The lowest BCUT2D eigenvalue weighted by atomic mass is 9.81. The normalized spacial score (nSPS) is 17.6. The lowest BCUT2D eigenvalue weighted by Crippen LogP contribution is -2.34. The Hall–Kier alpha value is -1.85. The zero-order chi connectivity index (χ0) is 18.0. The molecule has 1 heterocycles. The van der Waals surface area contributed by atoms with Crippen molar-refractivity contribution in [2.24, 2.45) is 0 Å². The summed E-state index contributed by atoms with van der Waals surface area (Å²) in [5.41, 5.74) is 3.46. The Labute approximate surface area is 148 Å². The van der Waals surface area contributed by atoms with Crippen LogP contribution in [0.4, 0.5) is 0 Å². The standard InChI is InChI=1S/C20H27NO4/c1-5-23-18-11-16(13(2)20(25-22)8-6-7-9-20)10-17(12-18)19-14(3)21-24-15(19)4/h10-13,22H,5-9H2,1-4H3. The molecule has 0 bridgehead atoms. The summed E-state index contributed by atoms with van der Waals surface area (Å²) in [5, 5.41) is 13.7. The van der Waals surface area contributed by atoms with Gasteiger partial charge in [-0.1, -0.05) is 31.0 Å². The van der Waals surface area contributed by atoms with E-state index in [2.05, 4.69) is 24.2 Å². The maximum Gasteiger partial charge on any atom is 0.141 e. The van der Waals surface area contributed by atoms with Gasteiger partial charge in [0.1, 0.15) is 17.1 Å². The third kappa shape index (κ3) is 3.31. The number of ether oxygens (including phenoxy) is 1. The number of aromatic nitrogens is 1. The highest BCUT2D eigenvalue weighted by Crippen LogP contribution is 2.45. The molecule has 0 spiro atoms. The molecule has 25 heavy (non-hydrogen) atoms. The predicted molar refractivity (Wildman–Crippen MR) is 95.9 cm³/mol. The van der Waals surface area contributed by atoms with Crippen molar-refractivity contribution in [2.45, 2.75) is 64.9 Å². The highest BCUT2D eigenvalue weighted by Gasteiger charge is 2.42. The molecule has 0 amide bonds. The van der Waals surface area contributed by atoms with Crippen LogP contribution in [0.3, 0.4) is 0 Å². The van der Waals surface area contributed by atoms with Crippen LogP contribution in [0, 0.1) is 13.8 Å². The van der Waals surface area contributed by atoms with Crippen molar-refractivity contribution in [2.75, 3.05) is 6.61 Å². The molecule has 136 valence electrons. The molecule has 1 aromatic carbocycles. The van der Waals surface area contributed by atoms with Gasteiger partial charge in [0.05, 0.1) is 12.3 Å². The highest BCUT2D eigenvalue weighted by atomic mass is 17.1. The Kier molecular flexibility index (Phi) is 5.16. The van der Waals surface area contributed by atoms with E-state index < -0.39 is 5.60 Å². The van der Waals surface area contributed by atoms with E-state index in [0.29, 0.717) is 6.61 Å². The number of rotatable bonds is 6. The van der Waals surface area contributed by atoms with Crippen molar-refractivity contribution < 1.29 is 19.4 Å². The van der Waals surface area contributed by atoms with Crippen molar-refractivity contribution in [3.63, 3.8) is 0 Å². The molecule has 5 heteroatoms. The van der Waals surface area contributed by atoms with Crippen LogP contribution in [0.2, 0.25) is 0 Å². The maximum absolute atomic E-state index is 9.61. The molecule has 1 saturated carbocycles. The quantitative estimate of drug-likeness (QED) is 0.571. The number of hydrogen-bond donors (Lipinski definition) is 1. The first-order chi connectivity index (χ1) is 12.0. The molecule has 1 unspecified atom stereocenters. The van der Waals surface area contributed by atoms with Gasteiger partial charge in [0.2, 0.25) is 0 Å². The van der Waals surface area contributed by atoms with Gasteiger partial charge in [-0.15, -0.1) is 0 Å². The van der Waals surface area contributed by atoms with Gasteiger partial charge in [-0.2, -0.15) is 0 Å². The van der Waals surface area contributed by atoms with Crippen LogP contribution in [0.15, 0.2) is 22.7 Å². The van der Waals surface area contributed by atoms with E-state index in [1.54, 1.807) is 0 Å². The Balaban J connectivity index is 2.07. The minimum Gasteiger partial charge on any atom is -0.494 e.